The summed E-state index contributed by atoms with van der Waals surface area (Å²) in [4.78, 5) is 43.9. The summed E-state index contributed by atoms with van der Waals surface area (Å²) in [6.07, 6.45) is 1.93. The molecule has 0 aliphatic carbocycles. The minimum Gasteiger partial charge on any atom is -0.450 e. The van der Waals surface area contributed by atoms with E-state index in [-0.39, 0.29) is 29.6 Å². The first-order valence-electron chi connectivity index (χ1n) is 8.94. The smallest absolute Gasteiger partial charge is 0.409 e. The van der Waals surface area contributed by atoms with Crippen LogP contribution in [-0.2, 0) is 4.74 Å². The zero-order valence-electron chi connectivity index (χ0n) is 15.5. The van der Waals surface area contributed by atoms with Crippen LogP contribution < -0.4 is 5.32 Å². The van der Waals surface area contributed by atoms with Gasteiger partial charge in [0, 0.05) is 44.0 Å². The molecule has 8 nitrogen and oxygen atoms in total. The first kappa shape index (κ1) is 19.7. The molecule has 0 spiro atoms. The molecule has 26 heavy (non-hydrogen) atoms. The molecule has 1 aromatic rings. The largest absolute Gasteiger partial charge is 0.450 e. The second-order valence-corrected chi connectivity index (χ2v) is 6.19. The summed E-state index contributed by atoms with van der Waals surface area (Å²) >= 11 is 0. The summed E-state index contributed by atoms with van der Waals surface area (Å²) in [5.74, 6) is -0.463. The van der Waals surface area contributed by atoms with Crippen molar-refractivity contribution in [3.8, 4) is 0 Å². The Hall–Kier alpha value is -2.64. The lowest BCUT2D eigenvalue weighted by molar-refractivity contribution is 0.0570. The first-order valence-corrected chi connectivity index (χ1v) is 8.94. The molecule has 2 rings (SSSR count). The van der Waals surface area contributed by atoms with E-state index in [1.165, 1.54) is 12.3 Å². The fraction of sp³-hybridized carbons (Fsp3) is 0.556. The lowest BCUT2D eigenvalue weighted by atomic mass is 10.1. The Balaban J connectivity index is 1.99. The molecule has 1 atom stereocenters. The van der Waals surface area contributed by atoms with Gasteiger partial charge >= 0.3 is 6.09 Å². The van der Waals surface area contributed by atoms with Crippen LogP contribution >= 0.6 is 0 Å². The van der Waals surface area contributed by atoms with E-state index < -0.39 is 0 Å². The fourth-order valence-electron chi connectivity index (χ4n) is 2.58. The van der Waals surface area contributed by atoms with E-state index in [9.17, 15) is 14.4 Å². The number of pyridine rings is 1. The van der Waals surface area contributed by atoms with Crippen molar-refractivity contribution in [2.45, 2.75) is 33.2 Å². The Bertz CT molecular complexity index is 656. The lowest BCUT2D eigenvalue weighted by Crippen LogP contribution is -2.50. The van der Waals surface area contributed by atoms with Crippen molar-refractivity contribution < 1.29 is 19.1 Å². The quantitative estimate of drug-likeness (QED) is 0.857. The Morgan fingerprint density at radius 2 is 1.85 bits per heavy atom. The molecular weight excluding hydrogens is 336 g/mol. The third-order valence-corrected chi connectivity index (χ3v) is 4.32. The van der Waals surface area contributed by atoms with Crippen LogP contribution in [0.3, 0.4) is 0 Å². The molecule has 1 aromatic heterocycles. The molecule has 1 fully saturated rings. The van der Waals surface area contributed by atoms with Crippen LogP contribution in [-0.4, -0.2) is 71.5 Å². The van der Waals surface area contributed by atoms with Crippen molar-refractivity contribution in [3.63, 3.8) is 0 Å². The van der Waals surface area contributed by atoms with Gasteiger partial charge in [0.15, 0.2) is 0 Å². The molecule has 0 radical (unpaired) electrons. The van der Waals surface area contributed by atoms with Gasteiger partial charge in [-0.3, -0.25) is 14.6 Å². The Morgan fingerprint density at radius 1 is 1.19 bits per heavy atom. The predicted octanol–water partition coefficient (Wildman–Crippen LogP) is 1.52. The number of amides is 3. The minimum absolute atomic E-state index is 0.0413. The van der Waals surface area contributed by atoms with Crippen LogP contribution in [0.2, 0.25) is 0 Å². The third-order valence-electron chi connectivity index (χ3n) is 4.32. The molecule has 1 aliphatic heterocycles. The number of ether oxygens (including phenoxy) is 1. The molecule has 0 bridgehead atoms. The Morgan fingerprint density at radius 3 is 2.46 bits per heavy atom. The number of nitrogens with one attached hydrogen (secondary N) is 1. The highest BCUT2D eigenvalue weighted by Crippen LogP contribution is 2.11. The van der Waals surface area contributed by atoms with Crippen molar-refractivity contribution in [3.05, 3.63) is 29.6 Å². The SMILES string of the molecule is CCOC(=O)N1CCN(C(=O)c2ccnc(C(=O)NC(C)CC)c2)CC1. The van der Waals surface area contributed by atoms with Crippen molar-refractivity contribution in [1.29, 1.82) is 0 Å². The Labute approximate surface area is 153 Å². The van der Waals surface area contributed by atoms with E-state index in [1.54, 1.807) is 22.8 Å². The average molecular weight is 362 g/mol. The summed E-state index contributed by atoms with van der Waals surface area (Å²) in [5.41, 5.74) is 0.639. The average Bonchev–Trinajstić information content (AvgIpc) is 2.67. The zero-order chi connectivity index (χ0) is 19.1. The number of rotatable bonds is 5. The van der Waals surface area contributed by atoms with Crippen molar-refractivity contribution >= 4 is 17.9 Å². The summed E-state index contributed by atoms with van der Waals surface area (Å²) in [6.45, 7) is 7.69. The second-order valence-electron chi connectivity index (χ2n) is 6.19. The van der Waals surface area contributed by atoms with Crippen LogP contribution in [0.25, 0.3) is 0 Å². The zero-order valence-corrected chi connectivity index (χ0v) is 15.5. The van der Waals surface area contributed by atoms with Crippen LogP contribution in [0, 0.1) is 0 Å². The van der Waals surface area contributed by atoms with Crippen LogP contribution in [0.1, 0.15) is 48.0 Å². The minimum atomic E-state index is -0.354. The molecule has 0 saturated carbocycles. The maximum atomic E-state index is 12.7. The van der Waals surface area contributed by atoms with E-state index in [0.29, 0.717) is 38.3 Å². The highest BCUT2D eigenvalue weighted by atomic mass is 16.6. The Kier molecular flexibility index (Phi) is 6.94. The van der Waals surface area contributed by atoms with Crippen molar-refractivity contribution in [2.75, 3.05) is 32.8 Å². The number of carbonyl (C=O) groups is 3. The molecule has 1 N–H and O–H groups in total. The normalized spacial score (nSPS) is 15.3. The van der Waals surface area contributed by atoms with Gasteiger partial charge in [0.2, 0.25) is 0 Å². The number of aromatic nitrogens is 1. The number of carbonyl (C=O) groups excluding carboxylic acids is 3. The number of hydrogen-bond acceptors (Lipinski definition) is 5. The van der Waals surface area contributed by atoms with Gasteiger partial charge in [-0.05, 0) is 32.4 Å². The van der Waals surface area contributed by atoms with Gasteiger partial charge < -0.3 is 19.9 Å². The van der Waals surface area contributed by atoms with E-state index in [0.717, 1.165) is 6.42 Å². The summed E-state index contributed by atoms with van der Waals surface area (Å²) in [7, 11) is 0. The molecule has 1 saturated heterocycles. The van der Waals surface area contributed by atoms with E-state index >= 15 is 0 Å². The molecule has 1 unspecified atom stereocenters. The summed E-state index contributed by atoms with van der Waals surface area (Å²) in [6, 6.07) is 3.15. The maximum Gasteiger partial charge on any atom is 0.409 e. The van der Waals surface area contributed by atoms with E-state index in [2.05, 4.69) is 10.3 Å². The third kappa shape index (κ3) is 4.93. The van der Waals surface area contributed by atoms with Crippen molar-refractivity contribution in [1.82, 2.24) is 20.1 Å². The number of hydrogen-bond donors (Lipinski definition) is 1. The molecule has 0 aromatic carbocycles. The van der Waals surface area contributed by atoms with Crippen molar-refractivity contribution in [2.24, 2.45) is 0 Å². The molecule has 3 amide bonds. The molecule has 2 heterocycles. The van der Waals surface area contributed by atoms with E-state index in [1.807, 2.05) is 13.8 Å². The van der Waals surface area contributed by atoms with Gasteiger partial charge in [0.25, 0.3) is 11.8 Å². The van der Waals surface area contributed by atoms with Gasteiger partial charge in [0.1, 0.15) is 5.69 Å². The van der Waals surface area contributed by atoms with Crippen LogP contribution in [0.5, 0.6) is 0 Å². The highest BCUT2D eigenvalue weighted by Gasteiger charge is 2.26. The topological polar surface area (TPSA) is 91.8 Å². The van der Waals surface area contributed by atoms with Gasteiger partial charge in [-0.15, -0.1) is 0 Å². The maximum absolute atomic E-state index is 12.7. The van der Waals surface area contributed by atoms with Crippen LogP contribution in [0.4, 0.5) is 4.79 Å². The van der Waals surface area contributed by atoms with Gasteiger partial charge in [0.05, 0.1) is 6.61 Å². The van der Waals surface area contributed by atoms with Crippen LogP contribution in [0.15, 0.2) is 18.3 Å². The van der Waals surface area contributed by atoms with Gasteiger partial charge in [-0.2, -0.15) is 0 Å². The summed E-state index contributed by atoms with van der Waals surface area (Å²) < 4.78 is 4.98. The lowest BCUT2D eigenvalue weighted by Gasteiger charge is -2.34. The first-order chi connectivity index (χ1) is 12.5. The molecular formula is C18H26N4O4. The summed E-state index contributed by atoms with van der Waals surface area (Å²) in [5, 5.41) is 2.84. The number of nitrogens with zero attached hydrogens (tertiary/aromatic N) is 3. The monoisotopic (exact) mass is 362 g/mol. The number of piperazine rings is 1. The fourth-order valence-corrected chi connectivity index (χ4v) is 2.58. The van der Waals surface area contributed by atoms with Gasteiger partial charge in [-0.1, -0.05) is 6.92 Å². The van der Waals surface area contributed by atoms with E-state index in [4.69, 9.17) is 4.74 Å². The standard InChI is InChI=1S/C18H26N4O4/c1-4-13(3)20-16(23)15-12-14(6-7-19-15)17(24)21-8-10-22(11-9-21)18(25)26-5-2/h6-7,12-13H,4-5,8-11H2,1-3H3,(H,20,23). The molecule has 8 heteroatoms. The predicted molar refractivity (Wildman–Crippen MR) is 96.0 cm³/mol. The molecule has 142 valence electrons. The highest BCUT2D eigenvalue weighted by molar-refractivity contribution is 5.98. The second kappa shape index (κ2) is 9.17. The molecule has 1 aliphatic rings. The van der Waals surface area contributed by atoms with Gasteiger partial charge in [-0.25, -0.2) is 4.79 Å².